The van der Waals surface area contributed by atoms with Gasteiger partial charge in [-0.2, -0.15) is 0 Å². The second-order valence-corrected chi connectivity index (χ2v) is 7.18. The summed E-state index contributed by atoms with van der Waals surface area (Å²) in [6.07, 6.45) is 8.09. The van der Waals surface area contributed by atoms with Crippen LogP contribution in [-0.2, 0) is 0 Å². The van der Waals surface area contributed by atoms with Crippen molar-refractivity contribution in [1.29, 1.82) is 0 Å². The molecule has 1 unspecified atom stereocenters. The molecule has 1 atom stereocenters. The number of nitrogens with one attached hydrogen (secondary N) is 2. The number of halogens is 1. The van der Waals surface area contributed by atoms with E-state index in [1.807, 2.05) is 0 Å². The lowest BCUT2D eigenvalue weighted by atomic mass is 9.84. The Morgan fingerprint density at radius 1 is 1.17 bits per heavy atom. The van der Waals surface area contributed by atoms with Crippen molar-refractivity contribution < 1.29 is 0 Å². The van der Waals surface area contributed by atoms with Gasteiger partial charge in [-0.1, -0.05) is 26.7 Å². The molecular weight excluding hydrogens is 399 g/mol. The lowest BCUT2D eigenvalue weighted by Gasteiger charge is -2.26. The fourth-order valence-electron chi connectivity index (χ4n) is 3.94. The van der Waals surface area contributed by atoms with Crippen molar-refractivity contribution in [2.45, 2.75) is 59.3 Å². The van der Waals surface area contributed by atoms with Gasteiger partial charge in [0.15, 0.2) is 5.96 Å². The minimum atomic E-state index is 0. The topological polar surface area (TPSA) is 39.7 Å². The van der Waals surface area contributed by atoms with E-state index in [1.165, 1.54) is 58.2 Å². The van der Waals surface area contributed by atoms with Crippen molar-refractivity contribution in [3.8, 4) is 0 Å². The summed E-state index contributed by atoms with van der Waals surface area (Å²) in [6, 6.07) is 0. The SMILES string of the molecule is CCNC(=NCC1(CC)CCCC1)NCC1CCN(CC)C1.I. The first-order chi connectivity index (χ1) is 10.7. The van der Waals surface area contributed by atoms with E-state index >= 15 is 0 Å². The molecule has 136 valence electrons. The zero-order valence-corrected chi connectivity index (χ0v) is 17.7. The fraction of sp³-hybridized carbons (Fsp3) is 0.944. The standard InChI is InChI=1S/C18H36N4.HI/c1-4-18(10-7-8-11-18)15-21-17(19-5-2)20-13-16-9-12-22(6-3)14-16;/h16H,4-15H2,1-3H3,(H2,19,20,21);1H. The molecule has 1 saturated carbocycles. The van der Waals surface area contributed by atoms with Gasteiger partial charge in [0.05, 0.1) is 0 Å². The Kier molecular flexibility index (Phi) is 9.82. The molecule has 2 rings (SSSR count). The van der Waals surface area contributed by atoms with Crippen LogP contribution in [0.5, 0.6) is 0 Å². The minimum absolute atomic E-state index is 0. The molecule has 2 N–H and O–H groups in total. The molecule has 5 heteroatoms. The lowest BCUT2D eigenvalue weighted by molar-refractivity contribution is 0.297. The molecule has 23 heavy (non-hydrogen) atoms. The third kappa shape index (κ3) is 6.40. The summed E-state index contributed by atoms with van der Waals surface area (Å²) in [4.78, 5) is 7.46. The zero-order valence-electron chi connectivity index (χ0n) is 15.4. The highest BCUT2D eigenvalue weighted by molar-refractivity contribution is 14.0. The van der Waals surface area contributed by atoms with Crippen LogP contribution in [0, 0.1) is 11.3 Å². The van der Waals surface area contributed by atoms with Crippen molar-refractivity contribution >= 4 is 29.9 Å². The van der Waals surface area contributed by atoms with Crippen molar-refractivity contribution in [2.75, 3.05) is 39.3 Å². The first kappa shape index (κ1) is 21.0. The van der Waals surface area contributed by atoms with Crippen LogP contribution in [0.1, 0.15) is 59.3 Å². The summed E-state index contributed by atoms with van der Waals surface area (Å²) in [7, 11) is 0. The summed E-state index contributed by atoms with van der Waals surface area (Å²) < 4.78 is 0. The predicted molar refractivity (Wildman–Crippen MR) is 111 cm³/mol. The minimum Gasteiger partial charge on any atom is -0.357 e. The van der Waals surface area contributed by atoms with Gasteiger partial charge in [0, 0.05) is 26.2 Å². The van der Waals surface area contributed by atoms with E-state index in [0.29, 0.717) is 5.41 Å². The van der Waals surface area contributed by atoms with Gasteiger partial charge in [-0.15, -0.1) is 24.0 Å². The second-order valence-electron chi connectivity index (χ2n) is 7.18. The molecule has 0 aromatic carbocycles. The fourth-order valence-corrected chi connectivity index (χ4v) is 3.94. The normalized spacial score (nSPS) is 24.5. The average molecular weight is 436 g/mol. The van der Waals surface area contributed by atoms with Crippen molar-refractivity contribution in [3.05, 3.63) is 0 Å². The van der Waals surface area contributed by atoms with Crippen LogP contribution in [0.3, 0.4) is 0 Å². The molecule has 0 aromatic heterocycles. The molecule has 1 saturated heterocycles. The molecule has 1 heterocycles. The van der Waals surface area contributed by atoms with E-state index in [0.717, 1.165) is 31.5 Å². The van der Waals surface area contributed by atoms with E-state index in [4.69, 9.17) is 4.99 Å². The summed E-state index contributed by atoms with van der Waals surface area (Å²) in [5.41, 5.74) is 0.481. The highest BCUT2D eigenvalue weighted by Gasteiger charge is 2.31. The number of nitrogens with zero attached hydrogens (tertiary/aromatic N) is 2. The Hall–Kier alpha value is -0.0400. The van der Waals surface area contributed by atoms with E-state index in [9.17, 15) is 0 Å². The number of rotatable bonds is 7. The summed E-state index contributed by atoms with van der Waals surface area (Å²) in [5.74, 6) is 1.80. The van der Waals surface area contributed by atoms with Crippen molar-refractivity contribution in [2.24, 2.45) is 16.3 Å². The van der Waals surface area contributed by atoms with Crippen LogP contribution >= 0.6 is 24.0 Å². The molecule has 1 aliphatic carbocycles. The Bertz CT molecular complexity index is 353. The molecule has 0 amide bonds. The predicted octanol–water partition coefficient (Wildman–Crippen LogP) is 3.47. The largest absolute Gasteiger partial charge is 0.357 e. The Morgan fingerprint density at radius 3 is 2.48 bits per heavy atom. The van der Waals surface area contributed by atoms with Crippen LogP contribution in [-0.4, -0.2) is 50.1 Å². The van der Waals surface area contributed by atoms with Gasteiger partial charge < -0.3 is 15.5 Å². The van der Waals surface area contributed by atoms with Crippen molar-refractivity contribution in [3.63, 3.8) is 0 Å². The summed E-state index contributed by atoms with van der Waals surface area (Å²) in [5, 5.41) is 7.01. The highest BCUT2D eigenvalue weighted by Crippen LogP contribution is 2.41. The van der Waals surface area contributed by atoms with E-state index in [2.05, 4.69) is 36.3 Å². The van der Waals surface area contributed by atoms with Gasteiger partial charge in [-0.3, -0.25) is 4.99 Å². The maximum absolute atomic E-state index is 4.92. The smallest absolute Gasteiger partial charge is 0.191 e. The molecule has 1 aliphatic heterocycles. The van der Waals surface area contributed by atoms with Gasteiger partial charge in [0.2, 0.25) is 0 Å². The summed E-state index contributed by atoms with van der Waals surface area (Å²) >= 11 is 0. The van der Waals surface area contributed by atoms with Gasteiger partial charge in [-0.05, 0) is 57.0 Å². The maximum atomic E-state index is 4.92. The van der Waals surface area contributed by atoms with E-state index in [1.54, 1.807) is 0 Å². The summed E-state index contributed by atoms with van der Waals surface area (Å²) in [6.45, 7) is 13.4. The van der Waals surface area contributed by atoms with Gasteiger partial charge in [-0.25, -0.2) is 0 Å². The third-order valence-corrected chi connectivity index (χ3v) is 5.71. The molecule has 0 spiro atoms. The van der Waals surface area contributed by atoms with Crippen LogP contribution < -0.4 is 10.6 Å². The first-order valence-electron chi connectivity index (χ1n) is 9.46. The van der Waals surface area contributed by atoms with E-state index in [-0.39, 0.29) is 24.0 Å². The number of likely N-dealkylation sites (tertiary alicyclic amines) is 1. The lowest BCUT2D eigenvalue weighted by Crippen LogP contribution is -2.41. The molecule has 2 fully saturated rings. The monoisotopic (exact) mass is 436 g/mol. The Morgan fingerprint density at radius 2 is 1.91 bits per heavy atom. The van der Waals surface area contributed by atoms with Gasteiger partial charge >= 0.3 is 0 Å². The van der Waals surface area contributed by atoms with Crippen LogP contribution in [0.4, 0.5) is 0 Å². The van der Waals surface area contributed by atoms with E-state index < -0.39 is 0 Å². The molecule has 2 aliphatic rings. The quantitative estimate of drug-likeness (QED) is 0.365. The third-order valence-electron chi connectivity index (χ3n) is 5.71. The Labute approximate surface area is 160 Å². The molecule has 0 radical (unpaired) electrons. The molecule has 4 nitrogen and oxygen atoms in total. The average Bonchev–Trinajstić information content (AvgIpc) is 3.19. The zero-order chi connectivity index (χ0) is 15.8. The van der Waals surface area contributed by atoms with Crippen LogP contribution in [0.25, 0.3) is 0 Å². The first-order valence-corrected chi connectivity index (χ1v) is 9.46. The van der Waals surface area contributed by atoms with Crippen LogP contribution in [0.15, 0.2) is 4.99 Å². The van der Waals surface area contributed by atoms with Crippen molar-refractivity contribution in [1.82, 2.24) is 15.5 Å². The molecular formula is C18H37IN4. The highest BCUT2D eigenvalue weighted by atomic mass is 127. The van der Waals surface area contributed by atoms with Gasteiger partial charge in [0.25, 0.3) is 0 Å². The number of hydrogen-bond donors (Lipinski definition) is 2. The number of hydrogen-bond acceptors (Lipinski definition) is 2. The molecule has 0 bridgehead atoms. The Balaban J connectivity index is 0.00000264. The molecule has 0 aromatic rings. The van der Waals surface area contributed by atoms with Crippen LogP contribution in [0.2, 0.25) is 0 Å². The maximum Gasteiger partial charge on any atom is 0.191 e. The number of guanidine groups is 1. The van der Waals surface area contributed by atoms with Gasteiger partial charge in [0.1, 0.15) is 0 Å². The number of aliphatic imine (C=N–C) groups is 1. The second kappa shape index (κ2) is 10.7.